The van der Waals surface area contributed by atoms with Gasteiger partial charge in [-0.1, -0.05) is 12.1 Å². The lowest BCUT2D eigenvalue weighted by molar-refractivity contribution is -0.384. The molecule has 0 bridgehead atoms. The number of aryl methyl sites for hydroxylation is 1. The summed E-state index contributed by atoms with van der Waals surface area (Å²) in [6.07, 6.45) is 1.45. The average Bonchev–Trinajstić information content (AvgIpc) is 2.49. The fourth-order valence-corrected chi connectivity index (χ4v) is 1.94. The zero-order valence-electron chi connectivity index (χ0n) is 11.8. The first-order chi connectivity index (χ1) is 10.5. The predicted molar refractivity (Wildman–Crippen MR) is 80.2 cm³/mol. The molecule has 0 unspecified atom stereocenters. The largest absolute Gasteiger partial charge is 0.481 e. The molecule has 0 saturated heterocycles. The van der Waals surface area contributed by atoms with Gasteiger partial charge in [-0.15, -0.1) is 0 Å². The Morgan fingerprint density at radius 1 is 1.05 bits per heavy atom. The predicted octanol–water partition coefficient (Wildman–Crippen LogP) is 3.79. The molecule has 0 aliphatic carbocycles. The van der Waals surface area contributed by atoms with Crippen molar-refractivity contribution in [1.82, 2.24) is 0 Å². The Morgan fingerprint density at radius 2 is 1.59 bits per heavy atom. The van der Waals surface area contributed by atoms with Crippen LogP contribution in [0.1, 0.15) is 18.4 Å². The summed E-state index contributed by atoms with van der Waals surface area (Å²) in [6, 6.07) is 13.2. The highest BCUT2D eigenvalue weighted by molar-refractivity contribution is 5.66. The van der Waals surface area contributed by atoms with Gasteiger partial charge in [-0.05, 0) is 42.7 Å². The molecule has 0 atom stereocenters. The van der Waals surface area contributed by atoms with Crippen molar-refractivity contribution < 1.29 is 19.6 Å². The molecule has 0 spiro atoms. The van der Waals surface area contributed by atoms with Crippen molar-refractivity contribution in [3.8, 4) is 11.5 Å². The van der Waals surface area contributed by atoms with Crippen molar-refractivity contribution in [1.29, 1.82) is 0 Å². The van der Waals surface area contributed by atoms with E-state index < -0.39 is 10.9 Å². The van der Waals surface area contributed by atoms with E-state index in [1.807, 2.05) is 12.1 Å². The summed E-state index contributed by atoms with van der Waals surface area (Å²) in [5, 5.41) is 19.2. The Labute approximate surface area is 127 Å². The Hall–Kier alpha value is -2.89. The topological polar surface area (TPSA) is 89.7 Å². The Bertz CT molecular complexity index is 649. The normalized spacial score (nSPS) is 10.2. The molecule has 2 rings (SSSR count). The van der Waals surface area contributed by atoms with Crippen molar-refractivity contribution in [3.63, 3.8) is 0 Å². The summed E-state index contributed by atoms with van der Waals surface area (Å²) in [4.78, 5) is 20.6. The fraction of sp³-hybridized carbons (Fsp3) is 0.188. The highest BCUT2D eigenvalue weighted by Crippen LogP contribution is 2.24. The second-order valence-corrected chi connectivity index (χ2v) is 4.74. The van der Waals surface area contributed by atoms with E-state index in [0.29, 0.717) is 24.3 Å². The zero-order valence-corrected chi connectivity index (χ0v) is 11.8. The van der Waals surface area contributed by atoms with Crippen molar-refractivity contribution in [3.05, 3.63) is 64.2 Å². The minimum absolute atomic E-state index is 0.0149. The Balaban J connectivity index is 1.93. The number of nitro groups is 1. The van der Waals surface area contributed by atoms with Gasteiger partial charge in [0.05, 0.1) is 4.92 Å². The number of hydrogen-bond donors (Lipinski definition) is 1. The van der Waals surface area contributed by atoms with Crippen LogP contribution in [0.2, 0.25) is 0 Å². The van der Waals surface area contributed by atoms with E-state index in [0.717, 1.165) is 5.56 Å². The molecule has 2 aromatic carbocycles. The van der Waals surface area contributed by atoms with E-state index in [-0.39, 0.29) is 12.1 Å². The number of carbonyl (C=O) groups is 1. The van der Waals surface area contributed by atoms with Crippen molar-refractivity contribution in [2.75, 3.05) is 0 Å². The van der Waals surface area contributed by atoms with Crippen molar-refractivity contribution in [2.45, 2.75) is 19.3 Å². The smallest absolute Gasteiger partial charge is 0.303 e. The third-order valence-electron chi connectivity index (χ3n) is 3.06. The monoisotopic (exact) mass is 301 g/mol. The Morgan fingerprint density at radius 3 is 2.09 bits per heavy atom. The summed E-state index contributed by atoms with van der Waals surface area (Å²) >= 11 is 0. The molecule has 0 aliphatic heterocycles. The minimum Gasteiger partial charge on any atom is -0.481 e. The molecule has 0 fully saturated rings. The van der Waals surface area contributed by atoms with Gasteiger partial charge in [-0.3, -0.25) is 14.9 Å². The van der Waals surface area contributed by atoms with Gasteiger partial charge in [0.1, 0.15) is 11.5 Å². The number of nitro benzene ring substituents is 1. The van der Waals surface area contributed by atoms with E-state index >= 15 is 0 Å². The molecule has 22 heavy (non-hydrogen) atoms. The molecule has 6 nitrogen and oxygen atoms in total. The maximum Gasteiger partial charge on any atom is 0.303 e. The highest BCUT2D eigenvalue weighted by atomic mass is 16.6. The maximum absolute atomic E-state index is 10.6. The number of hydrogen-bond acceptors (Lipinski definition) is 4. The van der Waals surface area contributed by atoms with Crippen LogP contribution >= 0.6 is 0 Å². The highest BCUT2D eigenvalue weighted by Gasteiger charge is 2.05. The standard InChI is InChI=1S/C16H15NO5/c18-16(19)3-1-2-12-4-8-14(9-5-12)22-15-10-6-13(7-11-15)17(20)21/h4-11H,1-3H2,(H,18,19). The van der Waals surface area contributed by atoms with Crippen LogP contribution < -0.4 is 4.74 Å². The summed E-state index contributed by atoms with van der Waals surface area (Å²) in [5.41, 5.74) is 1.05. The summed E-state index contributed by atoms with van der Waals surface area (Å²) in [5.74, 6) is 0.346. The van der Waals surface area contributed by atoms with Crippen molar-refractivity contribution >= 4 is 11.7 Å². The fourth-order valence-electron chi connectivity index (χ4n) is 1.94. The molecule has 0 amide bonds. The van der Waals surface area contributed by atoms with Crippen LogP contribution in [0.15, 0.2) is 48.5 Å². The lowest BCUT2D eigenvalue weighted by Crippen LogP contribution is -1.95. The number of non-ortho nitro benzene ring substituents is 1. The van der Waals surface area contributed by atoms with Gasteiger partial charge in [-0.25, -0.2) is 0 Å². The molecule has 114 valence electrons. The van der Waals surface area contributed by atoms with E-state index in [9.17, 15) is 14.9 Å². The van der Waals surface area contributed by atoms with Gasteiger partial charge in [0.2, 0.25) is 0 Å². The Kier molecular flexibility index (Phi) is 5.08. The molecule has 6 heteroatoms. The number of carboxylic acids is 1. The zero-order chi connectivity index (χ0) is 15.9. The number of benzene rings is 2. The number of nitrogens with zero attached hydrogens (tertiary/aromatic N) is 1. The summed E-state index contributed by atoms with van der Waals surface area (Å²) in [6.45, 7) is 0. The number of ether oxygens (including phenoxy) is 1. The van der Waals surface area contributed by atoms with E-state index in [1.165, 1.54) is 12.1 Å². The molecular formula is C16H15NO5. The van der Waals surface area contributed by atoms with Crippen LogP contribution in [0.5, 0.6) is 11.5 Å². The summed E-state index contributed by atoms with van der Waals surface area (Å²) in [7, 11) is 0. The van der Waals surface area contributed by atoms with Gasteiger partial charge in [0.25, 0.3) is 5.69 Å². The first-order valence-electron chi connectivity index (χ1n) is 6.77. The van der Waals surface area contributed by atoms with Gasteiger partial charge in [0, 0.05) is 18.6 Å². The third-order valence-corrected chi connectivity index (χ3v) is 3.06. The van der Waals surface area contributed by atoms with Gasteiger partial charge < -0.3 is 9.84 Å². The van der Waals surface area contributed by atoms with Crippen LogP contribution in [0.3, 0.4) is 0 Å². The minimum atomic E-state index is -0.793. The van der Waals surface area contributed by atoms with Crippen LogP contribution in [0.4, 0.5) is 5.69 Å². The molecule has 0 aliphatic rings. The van der Waals surface area contributed by atoms with E-state index in [2.05, 4.69) is 0 Å². The quantitative estimate of drug-likeness (QED) is 0.620. The molecule has 0 heterocycles. The second kappa shape index (κ2) is 7.21. The number of carboxylic acid groups (broad SMARTS) is 1. The number of rotatable bonds is 7. The molecule has 1 N–H and O–H groups in total. The van der Waals surface area contributed by atoms with Gasteiger partial charge in [0.15, 0.2) is 0 Å². The molecule has 0 saturated carbocycles. The van der Waals surface area contributed by atoms with Crippen LogP contribution in [-0.4, -0.2) is 16.0 Å². The second-order valence-electron chi connectivity index (χ2n) is 4.74. The third kappa shape index (κ3) is 4.59. The van der Waals surface area contributed by atoms with Crippen LogP contribution in [0, 0.1) is 10.1 Å². The van der Waals surface area contributed by atoms with Crippen LogP contribution in [-0.2, 0) is 11.2 Å². The molecule has 0 aromatic heterocycles. The van der Waals surface area contributed by atoms with Crippen molar-refractivity contribution in [2.24, 2.45) is 0 Å². The first kappa shape index (κ1) is 15.5. The first-order valence-corrected chi connectivity index (χ1v) is 6.77. The molecule has 2 aromatic rings. The summed E-state index contributed by atoms with van der Waals surface area (Å²) < 4.78 is 5.59. The van der Waals surface area contributed by atoms with Crippen LogP contribution in [0.25, 0.3) is 0 Å². The van der Waals surface area contributed by atoms with Gasteiger partial charge >= 0.3 is 5.97 Å². The van der Waals surface area contributed by atoms with E-state index in [1.54, 1.807) is 24.3 Å². The molecule has 0 radical (unpaired) electrons. The average molecular weight is 301 g/mol. The molecular weight excluding hydrogens is 286 g/mol. The SMILES string of the molecule is O=C(O)CCCc1ccc(Oc2ccc([N+](=O)[O-])cc2)cc1. The lowest BCUT2D eigenvalue weighted by Gasteiger charge is -2.06. The van der Waals surface area contributed by atoms with E-state index in [4.69, 9.17) is 9.84 Å². The number of aliphatic carboxylic acids is 1. The van der Waals surface area contributed by atoms with Gasteiger partial charge in [-0.2, -0.15) is 0 Å². The maximum atomic E-state index is 10.6. The lowest BCUT2D eigenvalue weighted by atomic mass is 10.1.